The van der Waals surface area contributed by atoms with E-state index in [1.165, 1.54) is 0 Å². The van der Waals surface area contributed by atoms with Gasteiger partial charge in [0.1, 0.15) is 5.60 Å². The van der Waals surface area contributed by atoms with Gasteiger partial charge in [-0.3, -0.25) is 4.98 Å². The van der Waals surface area contributed by atoms with E-state index in [2.05, 4.69) is 4.98 Å². The molecule has 0 amide bonds. The maximum Gasteiger partial charge on any atom is 0.100 e. The van der Waals surface area contributed by atoms with Gasteiger partial charge in [0, 0.05) is 24.5 Å². The van der Waals surface area contributed by atoms with Crippen molar-refractivity contribution in [3.8, 4) is 0 Å². The quantitative estimate of drug-likeness (QED) is 0.638. The molecule has 1 aromatic rings. The van der Waals surface area contributed by atoms with E-state index in [1.807, 2.05) is 0 Å². The Morgan fingerprint density at radius 1 is 1.73 bits per heavy atom. The molecule has 0 spiro atoms. The number of hydrogen-bond donors (Lipinski definition) is 2. The first kappa shape index (κ1) is 8.17. The average Bonchev–Trinajstić information content (AvgIpc) is 2.06. The van der Waals surface area contributed by atoms with Gasteiger partial charge in [-0.15, -0.1) is 0 Å². The molecule has 1 atom stereocenters. The summed E-state index contributed by atoms with van der Waals surface area (Å²) in [6, 6.07) is 3.58. The van der Waals surface area contributed by atoms with Crippen LogP contribution in [0.1, 0.15) is 12.5 Å². The predicted octanol–water partition coefficient (Wildman–Crippen LogP) is 0.248. The van der Waals surface area contributed by atoms with E-state index < -0.39 is 5.60 Å². The molecule has 0 saturated carbocycles. The summed E-state index contributed by atoms with van der Waals surface area (Å²) in [5, 5.41) is 9.63. The van der Waals surface area contributed by atoms with Gasteiger partial charge in [0.25, 0.3) is 0 Å². The second-order valence-corrected chi connectivity index (χ2v) is 2.72. The molecule has 0 aliphatic rings. The van der Waals surface area contributed by atoms with Crippen molar-refractivity contribution in [1.82, 2.24) is 4.98 Å². The minimum absolute atomic E-state index is 0.207. The van der Waals surface area contributed by atoms with Crippen molar-refractivity contribution in [3.63, 3.8) is 0 Å². The van der Waals surface area contributed by atoms with Gasteiger partial charge >= 0.3 is 0 Å². The van der Waals surface area contributed by atoms with Gasteiger partial charge in [0.15, 0.2) is 0 Å². The monoisotopic (exact) mass is 152 g/mol. The van der Waals surface area contributed by atoms with Gasteiger partial charge in [-0.2, -0.15) is 0 Å². The predicted molar refractivity (Wildman–Crippen MR) is 42.9 cm³/mol. The summed E-state index contributed by atoms with van der Waals surface area (Å²) in [7, 11) is 0. The van der Waals surface area contributed by atoms with E-state index in [0.717, 1.165) is 5.56 Å². The van der Waals surface area contributed by atoms with Crippen LogP contribution in [0.2, 0.25) is 0 Å². The van der Waals surface area contributed by atoms with Gasteiger partial charge in [0.05, 0.1) is 0 Å². The van der Waals surface area contributed by atoms with Crippen LogP contribution < -0.4 is 5.73 Å². The van der Waals surface area contributed by atoms with Crippen LogP contribution in [-0.2, 0) is 5.60 Å². The van der Waals surface area contributed by atoms with E-state index in [1.54, 1.807) is 31.5 Å². The maximum absolute atomic E-state index is 9.63. The van der Waals surface area contributed by atoms with Crippen LogP contribution in [0.3, 0.4) is 0 Å². The van der Waals surface area contributed by atoms with Crippen molar-refractivity contribution in [2.45, 2.75) is 12.5 Å². The summed E-state index contributed by atoms with van der Waals surface area (Å²) in [6.45, 7) is 1.88. The van der Waals surface area contributed by atoms with E-state index in [4.69, 9.17) is 5.73 Å². The number of nitrogens with zero attached hydrogens (tertiary/aromatic N) is 1. The number of nitrogens with two attached hydrogens (primary N) is 1. The normalized spacial score (nSPS) is 15.9. The van der Waals surface area contributed by atoms with Crippen molar-refractivity contribution in [1.29, 1.82) is 0 Å². The fourth-order valence-electron chi connectivity index (χ4n) is 0.799. The topological polar surface area (TPSA) is 59.1 Å². The molecule has 1 rings (SSSR count). The fraction of sp³-hybridized carbons (Fsp3) is 0.375. The summed E-state index contributed by atoms with van der Waals surface area (Å²) in [6.07, 6.45) is 3.28. The van der Waals surface area contributed by atoms with Crippen LogP contribution in [0.5, 0.6) is 0 Å². The molecule has 0 radical (unpaired) electrons. The highest BCUT2D eigenvalue weighted by molar-refractivity contribution is 5.16. The molecule has 11 heavy (non-hydrogen) atoms. The SMILES string of the molecule is CC(O)(CN)c1cccnc1. The first-order chi connectivity index (χ1) is 5.17. The lowest BCUT2D eigenvalue weighted by Crippen LogP contribution is -2.31. The number of hydrogen-bond acceptors (Lipinski definition) is 3. The Bertz CT molecular complexity index is 221. The van der Waals surface area contributed by atoms with Crippen LogP contribution in [-0.4, -0.2) is 16.6 Å². The molecule has 0 aliphatic carbocycles. The Hall–Kier alpha value is -0.930. The average molecular weight is 152 g/mol. The summed E-state index contributed by atoms with van der Waals surface area (Å²) in [5.41, 5.74) is 5.16. The summed E-state index contributed by atoms with van der Waals surface area (Å²) in [5.74, 6) is 0. The first-order valence-electron chi connectivity index (χ1n) is 3.50. The van der Waals surface area contributed by atoms with E-state index in [0.29, 0.717) is 0 Å². The Labute approximate surface area is 65.9 Å². The van der Waals surface area contributed by atoms with Crippen LogP contribution in [0, 0.1) is 0 Å². The van der Waals surface area contributed by atoms with Crippen molar-refractivity contribution >= 4 is 0 Å². The van der Waals surface area contributed by atoms with Gasteiger partial charge < -0.3 is 10.8 Å². The maximum atomic E-state index is 9.63. The molecular weight excluding hydrogens is 140 g/mol. The molecule has 3 nitrogen and oxygen atoms in total. The summed E-state index contributed by atoms with van der Waals surface area (Å²) in [4.78, 5) is 3.88. The third kappa shape index (κ3) is 1.76. The molecule has 0 fully saturated rings. The number of pyridine rings is 1. The Balaban J connectivity index is 2.93. The molecule has 0 aliphatic heterocycles. The molecule has 0 bridgehead atoms. The Morgan fingerprint density at radius 3 is 2.91 bits per heavy atom. The van der Waals surface area contributed by atoms with E-state index in [9.17, 15) is 5.11 Å². The van der Waals surface area contributed by atoms with E-state index >= 15 is 0 Å². The minimum Gasteiger partial charge on any atom is -0.384 e. The lowest BCUT2D eigenvalue weighted by molar-refractivity contribution is 0.0665. The molecule has 0 saturated heterocycles. The Kier molecular flexibility index (Phi) is 2.22. The third-order valence-corrected chi connectivity index (χ3v) is 1.68. The fourth-order valence-corrected chi connectivity index (χ4v) is 0.799. The molecule has 1 heterocycles. The summed E-state index contributed by atoms with van der Waals surface area (Å²) < 4.78 is 0. The molecule has 1 aromatic heterocycles. The zero-order valence-corrected chi connectivity index (χ0v) is 6.49. The van der Waals surface area contributed by atoms with Gasteiger partial charge in [-0.25, -0.2) is 0 Å². The zero-order valence-electron chi connectivity index (χ0n) is 6.49. The smallest absolute Gasteiger partial charge is 0.100 e. The highest BCUT2D eigenvalue weighted by Crippen LogP contribution is 2.16. The van der Waals surface area contributed by atoms with Crippen molar-refractivity contribution < 1.29 is 5.11 Å². The van der Waals surface area contributed by atoms with Crippen LogP contribution in [0.25, 0.3) is 0 Å². The highest BCUT2D eigenvalue weighted by Gasteiger charge is 2.20. The van der Waals surface area contributed by atoms with Crippen molar-refractivity contribution in [2.24, 2.45) is 5.73 Å². The Morgan fingerprint density at radius 2 is 2.45 bits per heavy atom. The molecule has 1 unspecified atom stereocenters. The van der Waals surface area contributed by atoms with Crippen LogP contribution in [0.15, 0.2) is 24.5 Å². The number of aromatic nitrogens is 1. The van der Waals surface area contributed by atoms with Crippen LogP contribution >= 0.6 is 0 Å². The third-order valence-electron chi connectivity index (χ3n) is 1.68. The zero-order chi connectivity index (χ0) is 8.32. The summed E-state index contributed by atoms with van der Waals surface area (Å²) >= 11 is 0. The van der Waals surface area contributed by atoms with Gasteiger partial charge in [-0.1, -0.05) is 6.07 Å². The van der Waals surface area contributed by atoms with Gasteiger partial charge in [-0.05, 0) is 13.0 Å². The van der Waals surface area contributed by atoms with Gasteiger partial charge in [0.2, 0.25) is 0 Å². The second kappa shape index (κ2) is 2.98. The van der Waals surface area contributed by atoms with Crippen molar-refractivity contribution in [3.05, 3.63) is 30.1 Å². The minimum atomic E-state index is -0.950. The molecular formula is C8H12N2O. The lowest BCUT2D eigenvalue weighted by atomic mass is 9.98. The lowest BCUT2D eigenvalue weighted by Gasteiger charge is -2.20. The van der Waals surface area contributed by atoms with Crippen LogP contribution in [0.4, 0.5) is 0 Å². The van der Waals surface area contributed by atoms with E-state index in [-0.39, 0.29) is 6.54 Å². The second-order valence-electron chi connectivity index (χ2n) is 2.72. The largest absolute Gasteiger partial charge is 0.384 e. The first-order valence-corrected chi connectivity index (χ1v) is 3.50. The standard InChI is InChI=1S/C8H12N2O/c1-8(11,6-9)7-3-2-4-10-5-7/h2-5,11H,6,9H2,1H3. The highest BCUT2D eigenvalue weighted by atomic mass is 16.3. The number of aliphatic hydroxyl groups is 1. The molecule has 3 heteroatoms. The van der Waals surface area contributed by atoms with Crippen molar-refractivity contribution in [2.75, 3.05) is 6.54 Å². The molecule has 0 aromatic carbocycles. The number of rotatable bonds is 2. The molecule has 3 N–H and O–H groups in total. The molecule has 60 valence electrons.